The van der Waals surface area contributed by atoms with Gasteiger partial charge in [-0.3, -0.25) is 9.69 Å². The van der Waals surface area contributed by atoms with Crippen LogP contribution in [0.2, 0.25) is 0 Å². The maximum Gasteiger partial charge on any atom is 0.234 e. The Hall–Kier alpha value is -1.55. The van der Waals surface area contributed by atoms with Crippen molar-refractivity contribution in [1.82, 2.24) is 4.90 Å². The monoisotopic (exact) mass is 236 g/mol. The number of amides is 1. The summed E-state index contributed by atoms with van der Waals surface area (Å²) in [5.41, 5.74) is 6.46. The van der Waals surface area contributed by atoms with Crippen LogP contribution in [0.5, 0.6) is 5.75 Å². The topological polar surface area (TPSA) is 55.6 Å². The maximum atomic E-state index is 11.2. The van der Waals surface area contributed by atoms with E-state index in [-0.39, 0.29) is 11.9 Å². The molecule has 0 aliphatic rings. The fraction of sp³-hybridized carbons (Fsp3) is 0.462. The third-order valence-electron chi connectivity index (χ3n) is 2.81. The Balaban J connectivity index is 2.72. The lowest BCUT2D eigenvalue weighted by Crippen LogP contribution is -2.41. The Morgan fingerprint density at radius 1 is 1.53 bits per heavy atom. The van der Waals surface area contributed by atoms with Gasteiger partial charge in [-0.1, -0.05) is 19.1 Å². The Bertz CT molecular complexity index is 379. The normalized spacial score (nSPS) is 12.5. The van der Waals surface area contributed by atoms with Crippen LogP contribution in [-0.4, -0.2) is 31.0 Å². The summed E-state index contributed by atoms with van der Waals surface area (Å²) < 4.78 is 5.16. The van der Waals surface area contributed by atoms with Crippen molar-refractivity contribution in [3.8, 4) is 5.75 Å². The third kappa shape index (κ3) is 3.75. The molecule has 0 spiro atoms. The van der Waals surface area contributed by atoms with E-state index in [0.29, 0.717) is 6.54 Å². The van der Waals surface area contributed by atoms with Gasteiger partial charge in [0.05, 0.1) is 13.2 Å². The first-order valence-electron chi connectivity index (χ1n) is 5.71. The summed E-state index contributed by atoms with van der Waals surface area (Å²) in [6.45, 7) is 2.64. The van der Waals surface area contributed by atoms with Crippen LogP contribution in [-0.2, 0) is 11.3 Å². The van der Waals surface area contributed by atoms with Gasteiger partial charge >= 0.3 is 0 Å². The van der Waals surface area contributed by atoms with Crippen LogP contribution in [0.15, 0.2) is 24.3 Å². The summed E-state index contributed by atoms with van der Waals surface area (Å²) in [5, 5.41) is 0. The number of benzene rings is 1. The number of nitrogens with two attached hydrogens (primary N) is 1. The molecule has 1 aromatic rings. The van der Waals surface area contributed by atoms with E-state index in [1.165, 1.54) is 0 Å². The van der Waals surface area contributed by atoms with Crippen molar-refractivity contribution in [2.45, 2.75) is 25.9 Å². The highest BCUT2D eigenvalue weighted by Gasteiger charge is 2.18. The first-order valence-corrected chi connectivity index (χ1v) is 5.71. The van der Waals surface area contributed by atoms with Gasteiger partial charge in [-0.15, -0.1) is 0 Å². The largest absolute Gasteiger partial charge is 0.497 e. The number of ether oxygens (including phenoxy) is 1. The zero-order chi connectivity index (χ0) is 12.8. The van der Waals surface area contributed by atoms with Gasteiger partial charge in [0.25, 0.3) is 0 Å². The Morgan fingerprint density at radius 2 is 2.24 bits per heavy atom. The van der Waals surface area contributed by atoms with Gasteiger partial charge in [-0.2, -0.15) is 0 Å². The van der Waals surface area contributed by atoms with E-state index in [2.05, 4.69) is 0 Å². The molecule has 0 aliphatic carbocycles. The number of nitrogens with zero attached hydrogens (tertiary/aromatic N) is 1. The van der Waals surface area contributed by atoms with Crippen molar-refractivity contribution >= 4 is 5.91 Å². The first kappa shape index (κ1) is 13.5. The van der Waals surface area contributed by atoms with Gasteiger partial charge in [0.2, 0.25) is 5.91 Å². The molecule has 0 aromatic heterocycles. The highest BCUT2D eigenvalue weighted by molar-refractivity contribution is 5.79. The summed E-state index contributed by atoms with van der Waals surface area (Å²) in [6.07, 6.45) is 0.718. The summed E-state index contributed by atoms with van der Waals surface area (Å²) in [4.78, 5) is 13.2. The SMILES string of the molecule is CCC(C(N)=O)N(C)Cc1cccc(OC)c1. The molecule has 0 heterocycles. The molecular formula is C13H20N2O2. The van der Waals surface area contributed by atoms with Crippen LogP contribution in [0.1, 0.15) is 18.9 Å². The zero-order valence-electron chi connectivity index (χ0n) is 10.6. The van der Waals surface area contributed by atoms with Crippen LogP contribution in [0.3, 0.4) is 0 Å². The lowest BCUT2D eigenvalue weighted by molar-refractivity contribution is -0.123. The van der Waals surface area contributed by atoms with E-state index >= 15 is 0 Å². The molecule has 2 N–H and O–H groups in total. The molecule has 1 amide bonds. The summed E-state index contributed by atoms with van der Waals surface area (Å²) in [7, 11) is 3.54. The van der Waals surface area contributed by atoms with E-state index in [4.69, 9.17) is 10.5 Å². The molecule has 0 fully saturated rings. The van der Waals surface area contributed by atoms with E-state index in [1.54, 1.807) is 7.11 Å². The third-order valence-corrected chi connectivity index (χ3v) is 2.81. The van der Waals surface area contributed by atoms with Crippen molar-refractivity contribution in [3.05, 3.63) is 29.8 Å². The second kappa shape index (κ2) is 6.25. The lowest BCUT2D eigenvalue weighted by atomic mass is 10.1. The number of rotatable bonds is 6. The molecule has 4 nitrogen and oxygen atoms in total. The van der Waals surface area contributed by atoms with Gasteiger partial charge in [-0.25, -0.2) is 0 Å². The smallest absolute Gasteiger partial charge is 0.234 e. The average Bonchev–Trinajstić information content (AvgIpc) is 2.29. The second-order valence-electron chi connectivity index (χ2n) is 4.09. The maximum absolute atomic E-state index is 11.2. The standard InChI is InChI=1S/C13H20N2O2/c1-4-12(13(14)16)15(2)9-10-6-5-7-11(8-10)17-3/h5-8,12H,4,9H2,1-3H3,(H2,14,16). The number of hydrogen-bond acceptors (Lipinski definition) is 3. The summed E-state index contributed by atoms with van der Waals surface area (Å²) in [6, 6.07) is 7.58. The van der Waals surface area contributed by atoms with Crippen molar-refractivity contribution in [2.75, 3.05) is 14.2 Å². The van der Waals surface area contributed by atoms with Crippen molar-refractivity contribution in [1.29, 1.82) is 0 Å². The Labute approximate surface area is 102 Å². The molecule has 0 saturated heterocycles. The molecular weight excluding hydrogens is 216 g/mol. The molecule has 17 heavy (non-hydrogen) atoms. The number of carbonyl (C=O) groups is 1. The highest BCUT2D eigenvalue weighted by Crippen LogP contribution is 2.15. The predicted molar refractivity (Wildman–Crippen MR) is 67.7 cm³/mol. The highest BCUT2D eigenvalue weighted by atomic mass is 16.5. The van der Waals surface area contributed by atoms with Crippen LogP contribution in [0.25, 0.3) is 0 Å². The van der Waals surface area contributed by atoms with Gasteiger partial charge in [0, 0.05) is 6.54 Å². The Kier molecular flexibility index (Phi) is 4.97. The molecule has 0 aliphatic heterocycles. The van der Waals surface area contributed by atoms with Crippen molar-refractivity contribution < 1.29 is 9.53 Å². The fourth-order valence-electron chi connectivity index (χ4n) is 1.90. The lowest BCUT2D eigenvalue weighted by Gasteiger charge is -2.24. The second-order valence-corrected chi connectivity index (χ2v) is 4.09. The van der Waals surface area contributed by atoms with Gasteiger partial charge in [0.1, 0.15) is 5.75 Å². The van der Waals surface area contributed by atoms with E-state index in [9.17, 15) is 4.79 Å². The molecule has 0 bridgehead atoms. The van der Waals surface area contributed by atoms with Crippen LogP contribution in [0.4, 0.5) is 0 Å². The molecule has 1 rings (SSSR count). The average molecular weight is 236 g/mol. The van der Waals surface area contributed by atoms with Crippen molar-refractivity contribution in [2.24, 2.45) is 5.73 Å². The molecule has 1 atom stereocenters. The number of methoxy groups -OCH3 is 1. The minimum absolute atomic E-state index is 0.221. The van der Waals surface area contributed by atoms with Gasteiger partial charge in [-0.05, 0) is 31.2 Å². The number of hydrogen-bond donors (Lipinski definition) is 1. The first-order chi connectivity index (χ1) is 8.08. The van der Waals surface area contributed by atoms with Crippen molar-refractivity contribution in [3.63, 3.8) is 0 Å². The van der Waals surface area contributed by atoms with Gasteiger partial charge in [0.15, 0.2) is 0 Å². The summed E-state index contributed by atoms with van der Waals surface area (Å²) >= 11 is 0. The fourth-order valence-corrected chi connectivity index (χ4v) is 1.90. The minimum Gasteiger partial charge on any atom is -0.497 e. The predicted octanol–water partition coefficient (Wildman–Crippen LogP) is 1.39. The molecule has 0 radical (unpaired) electrons. The van der Waals surface area contributed by atoms with E-state index < -0.39 is 0 Å². The van der Waals surface area contributed by atoms with E-state index in [0.717, 1.165) is 17.7 Å². The van der Waals surface area contributed by atoms with Crippen LogP contribution < -0.4 is 10.5 Å². The van der Waals surface area contributed by atoms with E-state index in [1.807, 2.05) is 43.1 Å². The quantitative estimate of drug-likeness (QED) is 0.812. The molecule has 1 aromatic carbocycles. The number of carbonyl (C=O) groups excluding carboxylic acids is 1. The molecule has 0 saturated carbocycles. The van der Waals surface area contributed by atoms with Crippen LogP contribution in [0, 0.1) is 0 Å². The molecule has 94 valence electrons. The molecule has 1 unspecified atom stereocenters. The number of primary amides is 1. The Morgan fingerprint density at radius 3 is 2.76 bits per heavy atom. The molecule has 4 heteroatoms. The van der Waals surface area contributed by atoms with Crippen LogP contribution >= 0.6 is 0 Å². The van der Waals surface area contributed by atoms with Gasteiger partial charge < -0.3 is 10.5 Å². The minimum atomic E-state index is -0.280. The number of likely N-dealkylation sites (N-methyl/N-ethyl adjacent to an activating group) is 1. The zero-order valence-corrected chi connectivity index (χ0v) is 10.6. The summed E-state index contributed by atoms with van der Waals surface area (Å²) in [5.74, 6) is 0.543.